The Morgan fingerprint density at radius 2 is 1.94 bits per heavy atom. The van der Waals surface area contributed by atoms with Crippen LogP contribution in [0, 0.1) is 17.7 Å². The van der Waals surface area contributed by atoms with Gasteiger partial charge in [0.15, 0.2) is 0 Å². The zero-order chi connectivity index (χ0) is 23.0. The van der Waals surface area contributed by atoms with Crippen molar-refractivity contribution in [1.82, 2.24) is 19.7 Å². The largest absolute Gasteiger partial charge is 0.396 e. The second kappa shape index (κ2) is 8.84. The van der Waals surface area contributed by atoms with E-state index in [2.05, 4.69) is 5.32 Å². The van der Waals surface area contributed by atoms with E-state index >= 15 is 0 Å². The van der Waals surface area contributed by atoms with Crippen molar-refractivity contribution in [3.05, 3.63) is 69.9 Å². The molecule has 2 aliphatic heterocycles. The summed E-state index contributed by atoms with van der Waals surface area (Å²) in [7, 11) is 3.52. The van der Waals surface area contributed by atoms with Crippen LogP contribution in [0.15, 0.2) is 47.3 Å². The monoisotopic (exact) mass is 442 g/mol. The molecule has 0 aliphatic carbocycles. The molecule has 2 aliphatic rings. The highest BCUT2D eigenvalue weighted by Crippen LogP contribution is 2.49. The van der Waals surface area contributed by atoms with E-state index in [9.17, 15) is 23.9 Å². The van der Waals surface area contributed by atoms with Gasteiger partial charge >= 0.3 is 0 Å². The van der Waals surface area contributed by atoms with E-state index in [1.807, 2.05) is 0 Å². The van der Waals surface area contributed by atoms with Crippen LogP contribution in [-0.2, 0) is 22.7 Å². The molecule has 1 aromatic heterocycles. The smallest absolute Gasteiger partial charge is 0.250 e. The Balaban J connectivity index is 1.68. The van der Waals surface area contributed by atoms with Gasteiger partial charge in [-0.15, -0.1) is 0 Å². The number of aliphatic hydroxyl groups is 1. The summed E-state index contributed by atoms with van der Waals surface area (Å²) in [4.78, 5) is 42.2. The van der Waals surface area contributed by atoms with E-state index in [0.29, 0.717) is 17.8 Å². The molecule has 9 heteroatoms. The molecule has 2 N–H and O–H groups in total. The van der Waals surface area contributed by atoms with E-state index in [-0.39, 0.29) is 37.1 Å². The molecular formula is C23H27FN4O4. The van der Waals surface area contributed by atoms with Crippen LogP contribution in [-0.4, -0.2) is 64.6 Å². The van der Waals surface area contributed by atoms with Gasteiger partial charge in [-0.1, -0.05) is 24.3 Å². The topological polar surface area (TPSA) is 94.9 Å². The number of likely N-dealkylation sites (tertiary alicyclic amines) is 1. The maximum Gasteiger partial charge on any atom is 0.250 e. The number of pyridine rings is 1. The lowest BCUT2D eigenvalue weighted by atomic mass is 9.88. The summed E-state index contributed by atoms with van der Waals surface area (Å²) in [5.41, 5.74) is 0.828. The van der Waals surface area contributed by atoms with Gasteiger partial charge in [-0.25, -0.2) is 4.39 Å². The van der Waals surface area contributed by atoms with Crippen LogP contribution in [0.1, 0.15) is 17.3 Å². The molecule has 0 spiro atoms. The number of amides is 2. The molecule has 8 nitrogen and oxygen atoms in total. The van der Waals surface area contributed by atoms with Crippen molar-refractivity contribution in [3.8, 4) is 0 Å². The third-order valence-electron chi connectivity index (χ3n) is 6.37. The number of hydrogen-bond acceptors (Lipinski definition) is 5. The average Bonchev–Trinajstić information content (AvgIpc) is 3.28. The number of carbonyl (C=O) groups is 2. The molecule has 170 valence electrons. The normalized spacial score (nSPS) is 23.8. The molecule has 32 heavy (non-hydrogen) atoms. The number of fused-ring (bicyclic) bond motifs is 3. The first-order chi connectivity index (χ1) is 15.3. The van der Waals surface area contributed by atoms with Gasteiger partial charge in [-0.05, 0) is 26.2 Å². The van der Waals surface area contributed by atoms with Gasteiger partial charge in [0.1, 0.15) is 11.9 Å². The highest BCUT2D eigenvalue weighted by Gasteiger charge is 2.57. The van der Waals surface area contributed by atoms with Crippen molar-refractivity contribution >= 4 is 11.8 Å². The summed E-state index contributed by atoms with van der Waals surface area (Å²) in [6.45, 7) is 0.0674. The Morgan fingerprint density at radius 3 is 2.62 bits per heavy atom. The Morgan fingerprint density at radius 1 is 1.19 bits per heavy atom. The van der Waals surface area contributed by atoms with E-state index in [4.69, 9.17) is 0 Å². The number of likely N-dealkylation sites (N-methyl/N-ethyl adjacent to an activating group) is 1. The standard InChI is InChI=1S/C23H27FN4O4/c1-26(2)12-20(31)28-21-15(11-27-18(21)8-5-9-19(27)30)16(13-29)22(28)23(32)25-10-14-6-3-4-7-17(14)24/h3-9,15-16,21-22,29H,10-13H2,1-2H3,(H,25,32)/t15-,16-,21+,22-/m0/s1. The fraction of sp³-hybridized carbons (Fsp3) is 0.435. The predicted molar refractivity (Wildman–Crippen MR) is 115 cm³/mol. The second-order valence-corrected chi connectivity index (χ2v) is 8.65. The van der Waals surface area contributed by atoms with Gasteiger partial charge < -0.3 is 24.8 Å². The van der Waals surface area contributed by atoms with Crippen LogP contribution in [0.5, 0.6) is 0 Å². The molecule has 1 saturated heterocycles. The lowest BCUT2D eigenvalue weighted by Crippen LogP contribution is -2.52. The van der Waals surface area contributed by atoms with E-state index in [1.165, 1.54) is 17.0 Å². The number of aliphatic hydroxyl groups excluding tert-OH is 1. The summed E-state index contributed by atoms with van der Waals surface area (Å²) in [6, 6.07) is 9.64. The number of nitrogens with one attached hydrogen (secondary N) is 1. The minimum Gasteiger partial charge on any atom is -0.396 e. The minimum absolute atomic E-state index is 0.0265. The van der Waals surface area contributed by atoms with Gasteiger partial charge in [0.05, 0.1) is 12.6 Å². The van der Waals surface area contributed by atoms with E-state index in [0.717, 1.165) is 0 Å². The Labute approximate surface area is 185 Å². The van der Waals surface area contributed by atoms with Gasteiger partial charge in [0.25, 0.3) is 5.56 Å². The summed E-state index contributed by atoms with van der Waals surface area (Å²) < 4.78 is 15.6. The lowest BCUT2D eigenvalue weighted by Gasteiger charge is -2.31. The van der Waals surface area contributed by atoms with E-state index < -0.39 is 29.7 Å². The summed E-state index contributed by atoms with van der Waals surface area (Å²) in [5.74, 6) is -1.96. The molecule has 1 aromatic carbocycles. The lowest BCUT2D eigenvalue weighted by molar-refractivity contribution is -0.142. The molecule has 0 radical (unpaired) electrons. The molecule has 2 amide bonds. The van der Waals surface area contributed by atoms with Crippen molar-refractivity contribution in [3.63, 3.8) is 0 Å². The molecule has 4 rings (SSSR count). The minimum atomic E-state index is -0.918. The van der Waals surface area contributed by atoms with Crippen molar-refractivity contribution < 1.29 is 19.1 Å². The first kappa shape index (κ1) is 22.2. The van der Waals surface area contributed by atoms with Crippen molar-refractivity contribution in [2.24, 2.45) is 11.8 Å². The zero-order valence-corrected chi connectivity index (χ0v) is 18.1. The van der Waals surface area contributed by atoms with Crippen LogP contribution in [0.4, 0.5) is 4.39 Å². The second-order valence-electron chi connectivity index (χ2n) is 8.65. The molecule has 0 bridgehead atoms. The fourth-order valence-corrected chi connectivity index (χ4v) is 5.00. The molecule has 0 unspecified atom stereocenters. The third kappa shape index (κ3) is 3.82. The summed E-state index contributed by atoms with van der Waals surface area (Å²) in [5, 5.41) is 13.0. The maximum atomic E-state index is 14.0. The summed E-state index contributed by atoms with van der Waals surface area (Å²) in [6.07, 6.45) is 0. The SMILES string of the molecule is CN(C)CC(=O)N1[C@H](C(=O)NCc2ccccc2F)[C@@H](CO)[C@@H]2Cn3c(cccc3=O)[C@@H]21. The number of rotatable bonds is 6. The van der Waals surface area contributed by atoms with Crippen molar-refractivity contribution in [2.45, 2.75) is 25.2 Å². The van der Waals surface area contributed by atoms with Crippen LogP contribution >= 0.6 is 0 Å². The van der Waals surface area contributed by atoms with Crippen molar-refractivity contribution in [1.29, 1.82) is 0 Å². The number of hydrogen-bond donors (Lipinski definition) is 2. The average molecular weight is 442 g/mol. The molecule has 1 fully saturated rings. The first-order valence-electron chi connectivity index (χ1n) is 10.6. The Bertz CT molecular complexity index is 1090. The third-order valence-corrected chi connectivity index (χ3v) is 6.37. The number of aromatic nitrogens is 1. The first-order valence-corrected chi connectivity index (χ1v) is 10.6. The van der Waals surface area contributed by atoms with E-state index in [1.54, 1.807) is 53.9 Å². The number of halogens is 1. The molecular weight excluding hydrogens is 415 g/mol. The predicted octanol–water partition coefficient (Wildman–Crippen LogP) is 0.356. The number of nitrogens with zero attached hydrogens (tertiary/aromatic N) is 3. The Hall–Kier alpha value is -3.04. The van der Waals surface area contributed by atoms with Gasteiger partial charge in [-0.3, -0.25) is 14.4 Å². The maximum absolute atomic E-state index is 14.0. The molecule has 4 atom stereocenters. The highest BCUT2D eigenvalue weighted by atomic mass is 19.1. The molecule has 0 saturated carbocycles. The van der Waals surface area contributed by atoms with Crippen LogP contribution < -0.4 is 10.9 Å². The quantitative estimate of drug-likeness (QED) is 0.674. The summed E-state index contributed by atoms with van der Waals surface area (Å²) >= 11 is 0. The fourth-order valence-electron chi connectivity index (χ4n) is 5.00. The van der Waals surface area contributed by atoms with Crippen LogP contribution in [0.25, 0.3) is 0 Å². The molecule has 2 aromatic rings. The van der Waals surface area contributed by atoms with Crippen LogP contribution in [0.3, 0.4) is 0 Å². The van der Waals surface area contributed by atoms with Crippen molar-refractivity contribution in [2.75, 3.05) is 27.2 Å². The highest BCUT2D eigenvalue weighted by molar-refractivity contribution is 5.90. The Kier molecular flexibility index (Phi) is 6.12. The van der Waals surface area contributed by atoms with Gasteiger partial charge in [-0.2, -0.15) is 0 Å². The molecule has 3 heterocycles. The zero-order valence-electron chi connectivity index (χ0n) is 18.1. The number of carbonyl (C=O) groups excluding carboxylic acids is 2. The van der Waals surface area contributed by atoms with Gasteiger partial charge in [0, 0.05) is 48.9 Å². The number of benzene rings is 1. The van der Waals surface area contributed by atoms with Crippen LogP contribution in [0.2, 0.25) is 0 Å². The van der Waals surface area contributed by atoms with Gasteiger partial charge in [0.2, 0.25) is 11.8 Å².